The third-order valence-electron chi connectivity index (χ3n) is 18.1. The number of anilines is 6. The van der Waals surface area contributed by atoms with E-state index in [9.17, 15) is 0 Å². The van der Waals surface area contributed by atoms with Gasteiger partial charge in [0.15, 0.2) is 0 Å². The number of hydrogen-bond donors (Lipinski definition) is 0. The van der Waals surface area contributed by atoms with Gasteiger partial charge in [-0.15, -0.1) is 0 Å². The van der Waals surface area contributed by atoms with E-state index in [4.69, 9.17) is 0 Å². The van der Waals surface area contributed by atoms with Crippen LogP contribution in [0.1, 0.15) is 134 Å². The van der Waals surface area contributed by atoms with E-state index in [0.717, 1.165) is 12.8 Å². The Morgan fingerprint density at radius 1 is 0.395 bits per heavy atom. The van der Waals surface area contributed by atoms with Gasteiger partial charge in [0, 0.05) is 50.4 Å². The zero-order chi connectivity index (χ0) is 53.1. The fourth-order valence-electron chi connectivity index (χ4n) is 13.2. The lowest BCUT2D eigenvalue weighted by molar-refractivity contribution is 0.332. The highest BCUT2D eigenvalue weighted by molar-refractivity contribution is 7.00. The van der Waals surface area contributed by atoms with Crippen LogP contribution in [0.3, 0.4) is 0 Å². The second-order valence-electron chi connectivity index (χ2n) is 25.8. The molecule has 2 aliphatic heterocycles. The second kappa shape index (κ2) is 17.9. The first kappa shape index (κ1) is 49.5. The molecular formula is C73H73BN2. The Kier molecular flexibility index (Phi) is 11.6. The van der Waals surface area contributed by atoms with Gasteiger partial charge in [0.2, 0.25) is 0 Å². The van der Waals surface area contributed by atoms with Crippen molar-refractivity contribution in [3.05, 3.63) is 245 Å². The van der Waals surface area contributed by atoms with E-state index < -0.39 is 0 Å². The van der Waals surface area contributed by atoms with Gasteiger partial charge in [0.1, 0.15) is 0 Å². The molecule has 0 bridgehead atoms. The van der Waals surface area contributed by atoms with Crippen molar-refractivity contribution in [3.63, 3.8) is 0 Å². The van der Waals surface area contributed by atoms with Crippen LogP contribution in [0.15, 0.2) is 200 Å². The highest BCUT2D eigenvalue weighted by Gasteiger charge is 2.48. The van der Waals surface area contributed by atoms with Crippen LogP contribution in [-0.4, -0.2) is 6.71 Å². The van der Waals surface area contributed by atoms with Crippen molar-refractivity contribution in [2.75, 3.05) is 9.80 Å². The minimum absolute atomic E-state index is 0.00105. The molecule has 0 N–H and O–H groups in total. The number of fused-ring (bicyclic) bond motifs is 5. The Morgan fingerprint density at radius 2 is 0.855 bits per heavy atom. The van der Waals surface area contributed by atoms with Crippen molar-refractivity contribution in [2.45, 2.75) is 123 Å². The molecule has 0 fully saturated rings. The van der Waals surface area contributed by atoms with Crippen LogP contribution in [0.4, 0.5) is 34.1 Å². The third-order valence-corrected chi connectivity index (χ3v) is 18.1. The van der Waals surface area contributed by atoms with Crippen LogP contribution < -0.4 is 26.2 Å². The van der Waals surface area contributed by atoms with Crippen molar-refractivity contribution in [2.24, 2.45) is 0 Å². The molecular weight excluding hydrogens is 916 g/mol. The van der Waals surface area contributed by atoms with Gasteiger partial charge in [0.25, 0.3) is 6.71 Å². The van der Waals surface area contributed by atoms with E-state index in [2.05, 4.69) is 293 Å². The average molecular weight is 989 g/mol. The van der Waals surface area contributed by atoms with Crippen LogP contribution in [-0.2, 0) is 27.1 Å². The molecule has 76 heavy (non-hydrogen) atoms. The van der Waals surface area contributed by atoms with Crippen molar-refractivity contribution in [1.29, 1.82) is 0 Å². The fourth-order valence-corrected chi connectivity index (χ4v) is 13.2. The monoisotopic (exact) mass is 989 g/mol. The quantitative estimate of drug-likeness (QED) is 0.140. The predicted molar refractivity (Wildman–Crippen MR) is 327 cm³/mol. The van der Waals surface area contributed by atoms with Crippen molar-refractivity contribution in [3.8, 4) is 22.3 Å². The lowest BCUT2D eigenvalue weighted by atomic mass is 9.33. The molecule has 9 aromatic rings. The fraction of sp³-hybridized carbons (Fsp3) is 0.260. The summed E-state index contributed by atoms with van der Waals surface area (Å²) in [6, 6.07) is 76.8. The smallest absolute Gasteiger partial charge is 0.252 e. The zero-order valence-corrected chi connectivity index (χ0v) is 46.9. The minimum atomic E-state index is -0.256. The van der Waals surface area contributed by atoms with Crippen LogP contribution in [0.25, 0.3) is 22.3 Å². The molecule has 0 radical (unpaired) electrons. The molecule has 0 unspecified atom stereocenters. The van der Waals surface area contributed by atoms with E-state index in [1.165, 1.54) is 117 Å². The average Bonchev–Trinajstić information content (AvgIpc) is 3.56. The first-order chi connectivity index (χ1) is 36.2. The number of aryl methyl sites for hydroxylation is 1. The summed E-state index contributed by atoms with van der Waals surface area (Å²) in [4.78, 5) is 5.37. The molecule has 12 rings (SSSR count). The van der Waals surface area contributed by atoms with Gasteiger partial charge in [-0.25, -0.2) is 0 Å². The summed E-state index contributed by atoms with van der Waals surface area (Å²) >= 11 is 0. The molecule has 3 aliphatic rings. The molecule has 0 aromatic heterocycles. The molecule has 2 heterocycles. The number of benzene rings is 9. The maximum atomic E-state index is 2.73. The zero-order valence-electron chi connectivity index (χ0n) is 46.9. The molecule has 0 spiro atoms. The third kappa shape index (κ3) is 8.07. The Balaban J connectivity index is 1.22. The summed E-state index contributed by atoms with van der Waals surface area (Å²) in [6.07, 6.45) is 2.28. The molecule has 378 valence electrons. The first-order valence-electron chi connectivity index (χ1n) is 27.8. The Bertz CT molecular complexity index is 3630. The maximum absolute atomic E-state index is 2.73. The van der Waals surface area contributed by atoms with Gasteiger partial charge < -0.3 is 9.80 Å². The Morgan fingerprint density at radius 3 is 1.38 bits per heavy atom. The van der Waals surface area contributed by atoms with Crippen LogP contribution in [0.5, 0.6) is 0 Å². The summed E-state index contributed by atoms with van der Waals surface area (Å²) in [5.74, 6) is 0. The van der Waals surface area contributed by atoms with E-state index in [1.807, 2.05) is 0 Å². The molecule has 9 aromatic carbocycles. The first-order valence-corrected chi connectivity index (χ1v) is 27.8. The van der Waals surface area contributed by atoms with Gasteiger partial charge in [0.05, 0.1) is 5.69 Å². The van der Waals surface area contributed by atoms with Crippen molar-refractivity contribution in [1.82, 2.24) is 0 Å². The standard InChI is InChI=1S/C73H73BN2/c1-48-40-65-67-66(41-48)76(68-57(49-26-17-13-18-27-49)43-55(69(2,3)4)44-58(68)50-28-19-14-20-29-50)64-47-60-59(70(5,6)38-39-71(60,7)8)46-62(64)74(67)61-37-36-54(73(11,12)52-32-23-16-24-33-52)45-63(61)75(65)56-35-25-34-53(42-56)72(9,10)51-30-21-15-22-31-51/h13-37,40-47H,38-39H2,1-12H3. The van der Waals surface area contributed by atoms with E-state index >= 15 is 0 Å². The maximum Gasteiger partial charge on any atom is 0.252 e. The van der Waals surface area contributed by atoms with Crippen LogP contribution >= 0.6 is 0 Å². The summed E-state index contributed by atoms with van der Waals surface area (Å²) in [7, 11) is 0. The normalized spacial score (nSPS) is 15.4. The Labute approximate surface area is 454 Å². The molecule has 0 saturated carbocycles. The largest absolute Gasteiger partial charge is 0.311 e. The highest BCUT2D eigenvalue weighted by Crippen LogP contribution is 2.54. The number of rotatable bonds is 8. The van der Waals surface area contributed by atoms with Gasteiger partial charge in [-0.1, -0.05) is 228 Å². The predicted octanol–water partition coefficient (Wildman–Crippen LogP) is 17.7. The Hall–Kier alpha value is -7.36. The summed E-state index contributed by atoms with van der Waals surface area (Å²) in [5.41, 5.74) is 26.4. The van der Waals surface area contributed by atoms with Crippen LogP contribution in [0.2, 0.25) is 0 Å². The summed E-state index contributed by atoms with van der Waals surface area (Å²) < 4.78 is 0. The highest BCUT2D eigenvalue weighted by atomic mass is 15.2. The van der Waals surface area contributed by atoms with Gasteiger partial charge in [-0.05, 0) is 157 Å². The molecule has 0 saturated heterocycles. The van der Waals surface area contributed by atoms with E-state index in [0.29, 0.717) is 0 Å². The van der Waals surface area contributed by atoms with Gasteiger partial charge in [-0.3, -0.25) is 0 Å². The summed E-state index contributed by atoms with van der Waals surface area (Å²) in [5, 5.41) is 0. The van der Waals surface area contributed by atoms with E-state index in [1.54, 1.807) is 0 Å². The number of hydrogen-bond acceptors (Lipinski definition) is 2. The number of nitrogens with zero attached hydrogens (tertiary/aromatic N) is 2. The minimum Gasteiger partial charge on any atom is -0.311 e. The molecule has 3 heteroatoms. The second-order valence-corrected chi connectivity index (χ2v) is 25.8. The van der Waals surface area contributed by atoms with E-state index in [-0.39, 0.29) is 33.8 Å². The van der Waals surface area contributed by atoms with Crippen molar-refractivity contribution >= 4 is 57.2 Å². The summed E-state index contributed by atoms with van der Waals surface area (Å²) in [6.45, 7) is 28.8. The topological polar surface area (TPSA) is 6.48 Å². The lowest BCUT2D eigenvalue weighted by Gasteiger charge is -2.48. The lowest BCUT2D eigenvalue weighted by Crippen LogP contribution is -2.62. The molecule has 1 aliphatic carbocycles. The SMILES string of the molecule is Cc1cc2c3c(c1)N(c1c(-c4ccccc4)cc(C(C)(C)C)cc1-c1ccccc1)c1cc4c(cc1B3c1ccc(C(C)(C)c3ccccc3)cc1N2c1cccc(C(C)(C)c2ccccc2)c1)C(C)(C)CCC4(C)C. The van der Waals surface area contributed by atoms with Crippen molar-refractivity contribution < 1.29 is 0 Å². The molecule has 0 atom stereocenters. The molecule has 2 nitrogen and oxygen atoms in total. The molecule has 0 amide bonds. The van der Waals surface area contributed by atoms with Crippen LogP contribution in [0, 0.1) is 6.92 Å². The van der Waals surface area contributed by atoms with Gasteiger partial charge >= 0.3 is 0 Å². The van der Waals surface area contributed by atoms with Gasteiger partial charge in [-0.2, -0.15) is 0 Å².